The van der Waals surface area contributed by atoms with E-state index in [1.54, 1.807) is 18.2 Å². The Bertz CT molecular complexity index is 1590. The number of hydrogen-bond acceptors (Lipinski definition) is 1. The summed E-state index contributed by atoms with van der Waals surface area (Å²) in [5, 5.41) is -2.45. The van der Waals surface area contributed by atoms with Crippen molar-refractivity contribution >= 4 is 27.1 Å². The Kier molecular flexibility index (Phi) is 3.61. The first kappa shape index (κ1) is 18.3. The minimum atomic E-state index is -2.42. The van der Waals surface area contributed by atoms with E-state index in [-0.39, 0.29) is 0 Å². The number of rotatable bonds is 1. The number of para-hydroxylation sites is 1. The minimum Gasteiger partial charge on any atom is -0.203 e. The molecular formula is C20H6F7N2O+. The molecule has 3 aromatic carbocycles. The fraction of sp³-hybridized carbons (Fsp3) is 0. The second-order valence-electron chi connectivity index (χ2n) is 6.55. The van der Waals surface area contributed by atoms with Crippen LogP contribution in [0, 0.1) is 40.7 Å². The standard InChI is InChI=1S/C20H6F7N2O/c21-11-9-10(12(22)16(26)15(11)25)14(24)19(17(27)13(9)23)29-6-8-3-1-2-7-4-5-28(18(7)8)20(29)30/h1-6H/q+1. The molecule has 0 aliphatic carbocycles. The van der Waals surface area contributed by atoms with Crippen LogP contribution in [0.5, 0.6) is 0 Å². The topological polar surface area (TPSA) is 25.4 Å². The van der Waals surface area contributed by atoms with Gasteiger partial charge in [0.2, 0.25) is 11.5 Å². The predicted octanol–water partition coefficient (Wildman–Crippen LogP) is 4.29. The first-order chi connectivity index (χ1) is 14.2. The lowest BCUT2D eigenvalue weighted by Crippen LogP contribution is -2.52. The van der Waals surface area contributed by atoms with Crippen LogP contribution in [0.1, 0.15) is 0 Å². The summed E-state index contributed by atoms with van der Waals surface area (Å²) < 4.78 is 101. The van der Waals surface area contributed by atoms with Crippen molar-refractivity contribution in [1.82, 2.24) is 4.40 Å². The van der Waals surface area contributed by atoms with Gasteiger partial charge >= 0.3 is 5.69 Å². The molecule has 0 N–H and O–H groups in total. The highest BCUT2D eigenvalue weighted by molar-refractivity contribution is 5.95. The molecule has 5 aromatic rings. The first-order valence-corrected chi connectivity index (χ1v) is 8.34. The summed E-state index contributed by atoms with van der Waals surface area (Å²) in [5.41, 5.74) is -2.04. The Balaban J connectivity index is 2.01. The highest BCUT2D eigenvalue weighted by Gasteiger charge is 2.34. The lowest BCUT2D eigenvalue weighted by Gasteiger charge is -2.11. The molecule has 0 radical (unpaired) electrons. The van der Waals surface area contributed by atoms with Crippen LogP contribution < -0.4 is 10.3 Å². The molecule has 2 aromatic heterocycles. The highest BCUT2D eigenvalue weighted by atomic mass is 19.2. The van der Waals surface area contributed by atoms with Crippen molar-refractivity contribution in [3.05, 3.63) is 87.9 Å². The third-order valence-electron chi connectivity index (χ3n) is 4.98. The average molecular weight is 423 g/mol. The van der Waals surface area contributed by atoms with Crippen LogP contribution in [0.2, 0.25) is 0 Å². The van der Waals surface area contributed by atoms with Crippen LogP contribution in [0.4, 0.5) is 30.7 Å². The van der Waals surface area contributed by atoms with E-state index in [2.05, 4.69) is 0 Å². The maximum atomic E-state index is 15.1. The summed E-state index contributed by atoms with van der Waals surface area (Å²) in [7, 11) is 0. The van der Waals surface area contributed by atoms with Gasteiger partial charge < -0.3 is 0 Å². The van der Waals surface area contributed by atoms with E-state index in [1.807, 2.05) is 0 Å². The van der Waals surface area contributed by atoms with Gasteiger partial charge in [0.25, 0.3) is 0 Å². The van der Waals surface area contributed by atoms with E-state index in [0.717, 1.165) is 10.6 Å². The van der Waals surface area contributed by atoms with Crippen molar-refractivity contribution in [3.63, 3.8) is 0 Å². The molecule has 10 heteroatoms. The van der Waals surface area contributed by atoms with Gasteiger partial charge in [-0.1, -0.05) is 12.1 Å². The van der Waals surface area contributed by atoms with Crippen LogP contribution in [0.15, 0.2) is 41.5 Å². The lowest BCUT2D eigenvalue weighted by molar-refractivity contribution is -0.618. The van der Waals surface area contributed by atoms with Gasteiger partial charge in [0.15, 0.2) is 40.4 Å². The summed E-state index contributed by atoms with van der Waals surface area (Å²) >= 11 is 0. The van der Waals surface area contributed by atoms with E-state index in [9.17, 15) is 31.1 Å². The quantitative estimate of drug-likeness (QED) is 0.171. The number of hydrogen-bond donors (Lipinski definition) is 0. The number of nitrogens with zero attached hydrogens (tertiary/aromatic N) is 2. The molecule has 0 fully saturated rings. The van der Waals surface area contributed by atoms with E-state index in [0.29, 0.717) is 20.9 Å². The summed E-state index contributed by atoms with van der Waals surface area (Å²) in [6.07, 6.45) is 2.28. The predicted molar refractivity (Wildman–Crippen MR) is 91.1 cm³/mol. The van der Waals surface area contributed by atoms with E-state index in [4.69, 9.17) is 0 Å². The maximum absolute atomic E-state index is 15.1. The molecule has 0 spiro atoms. The van der Waals surface area contributed by atoms with Gasteiger partial charge in [-0.25, -0.2) is 26.3 Å². The molecule has 0 bridgehead atoms. The molecule has 0 amide bonds. The van der Waals surface area contributed by atoms with Crippen molar-refractivity contribution in [2.24, 2.45) is 0 Å². The van der Waals surface area contributed by atoms with Gasteiger partial charge in [-0.3, -0.25) is 0 Å². The van der Waals surface area contributed by atoms with Crippen molar-refractivity contribution in [3.8, 4) is 5.69 Å². The largest absolute Gasteiger partial charge is 0.508 e. The van der Waals surface area contributed by atoms with Crippen molar-refractivity contribution in [2.75, 3.05) is 0 Å². The SMILES string of the molecule is O=c1n2ccc3cccc(c[n+]1-c1c(F)c(F)c4c(F)c(F)c(F)c(F)c4c1F)c32. The average Bonchev–Trinajstić information content (AvgIpc) is 3.17. The number of benzene rings is 3. The van der Waals surface area contributed by atoms with Crippen LogP contribution in [-0.4, -0.2) is 4.40 Å². The molecule has 0 saturated heterocycles. The Labute approximate surface area is 161 Å². The van der Waals surface area contributed by atoms with Crippen molar-refractivity contribution in [1.29, 1.82) is 0 Å². The van der Waals surface area contributed by atoms with Gasteiger partial charge in [-0.05, 0) is 12.1 Å². The molecular weight excluding hydrogens is 417 g/mol. The molecule has 0 aliphatic rings. The van der Waals surface area contributed by atoms with Crippen molar-refractivity contribution in [2.45, 2.75) is 0 Å². The molecule has 30 heavy (non-hydrogen) atoms. The van der Waals surface area contributed by atoms with Crippen LogP contribution in [0.3, 0.4) is 0 Å². The summed E-state index contributed by atoms with van der Waals surface area (Å²) in [4.78, 5) is 12.8. The van der Waals surface area contributed by atoms with Gasteiger partial charge in [0.1, 0.15) is 12.4 Å². The second-order valence-corrected chi connectivity index (χ2v) is 6.55. The zero-order valence-electron chi connectivity index (χ0n) is 14.4. The van der Waals surface area contributed by atoms with Crippen LogP contribution in [-0.2, 0) is 0 Å². The molecule has 0 unspecified atom stereocenters. The van der Waals surface area contributed by atoms with Gasteiger partial charge in [-0.2, -0.15) is 18.2 Å². The summed E-state index contributed by atoms with van der Waals surface area (Å²) in [6, 6.07) is 6.32. The Morgan fingerprint density at radius 3 is 1.90 bits per heavy atom. The minimum absolute atomic E-state index is 0.313. The lowest BCUT2D eigenvalue weighted by atomic mass is 10.0. The Morgan fingerprint density at radius 2 is 1.23 bits per heavy atom. The van der Waals surface area contributed by atoms with Crippen molar-refractivity contribution < 1.29 is 35.3 Å². The Morgan fingerprint density at radius 1 is 0.667 bits per heavy atom. The molecule has 0 atom stereocenters. The molecule has 150 valence electrons. The third-order valence-corrected chi connectivity index (χ3v) is 4.98. The van der Waals surface area contributed by atoms with E-state index in [1.165, 1.54) is 12.3 Å². The van der Waals surface area contributed by atoms with E-state index < -0.39 is 62.9 Å². The maximum Gasteiger partial charge on any atom is 0.508 e. The zero-order valence-corrected chi connectivity index (χ0v) is 14.4. The molecule has 0 aliphatic heterocycles. The number of halogens is 7. The van der Waals surface area contributed by atoms with Crippen LogP contribution in [0.25, 0.3) is 32.7 Å². The third kappa shape index (κ3) is 2.10. The number of fused-ring (bicyclic) bond motifs is 1. The molecule has 2 heterocycles. The van der Waals surface area contributed by atoms with Gasteiger partial charge in [0.05, 0.1) is 16.2 Å². The smallest absolute Gasteiger partial charge is 0.203 e. The fourth-order valence-corrected chi connectivity index (χ4v) is 3.64. The normalized spacial score (nSPS) is 12.0. The summed E-state index contributed by atoms with van der Waals surface area (Å²) in [5.74, 6) is -15.6. The van der Waals surface area contributed by atoms with Crippen LogP contribution >= 0.6 is 0 Å². The fourth-order valence-electron chi connectivity index (χ4n) is 3.64. The second kappa shape index (κ2) is 5.91. The monoisotopic (exact) mass is 423 g/mol. The molecule has 0 saturated carbocycles. The Hall–Kier alpha value is -3.69. The molecule has 5 rings (SSSR count). The highest BCUT2D eigenvalue weighted by Crippen LogP contribution is 2.34. The van der Waals surface area contributed by atoms with Gasteiger partial charge in [0, 0.05) is 5.39 Å². The summed E-state index contributed by atoms with van der Waals surface area (Å²) in [6.45, 7) is 0. The first-order valence-electron chi connectivity index (χ1n) is 8.34. The molecule has 3 nitrogen and oxygen atoms in total. The van der Waals surface area contributed by atoms with Gasteiger partial charge in [-0.15, -0.1) is 0 Å². The zero-order chi connectivity index (χ0) is 21.5. The van der Waals surface area contributed by atoms with E-state index >= 15 is 4.39 Å². The number of aromatic nitrogens is 2.